The van der Waals surface area contributed by atoms with E-state index in [0.717, 1.165) is 12.0 Å². The normalized spacial score (nSPS) is 18.7. The summed E-state index contributed by atoms with van der Waals surface area (Å²) in [5, 5.41) is 3.26. The Hall–Kier alpha value is -3.41. The van der Waals surface area contributed by atoms with Crippen molar-refractivity contribution in [1.82, 2.24) is 5.32 Å². The molecule has 0 aliphatic heterocycles. The van der Waals surface area contributed by atoms with Gasteiger partial charge in [0.15, 0.2) is 11.0 Å². The molecule has 148 valence electrons. The van der Waals surface area contributed by atoms with Crippen LogP contribution in [0.4, 0.5) is 0 Å². The molecule has 0 saturated heterocycles. The zero-order valence-corrected chi connectivity index (χ0v) is 16.1. The minimum Gasteiger partial charge on any atom is -0.455 e. The molecule has 4 rings (SSSR count). The molecule has 3 N–H and O–H groups in total. The number of nitrogens with one attached hydrogen (secondary N) is 1. The Morgan fingerprint density at radius 1 is 1.07 bits per heavy atom. The first kappa shape index (κ1) is 18.9. The number of rotatable bonds is 4. The summed E-state index contributed by atoms with van der Waals surface area (Å²) < 4.78 is 6.10. The summed E-state index contributed by atoms with van der Waals surface area (Å²) in [6, 6.07) is 14.0. The molecule has 2 atom stereocenters. The number of hydrogen-bond acceptors (Lipinski definition) is 4. The zero-order chi connectivity index (χ0) is 20.5. The van der Waals surface area contributed by atoms with Gasteiger partial charge in [0.05, 0.1) is 16.9 Å². The fraction of sp³-hybridized carbons (Fsp3) is 0.261. The van der Waals surface area contributed by atoms with Crippen molar-refractivity contribution in [3.8, 4) is 11.3 Å². The molecule has 1 aliphatic rings. The first-order chi connectivity index (χ1) is 14.0. The summed E-state index contributed by atoms with van der Waals surface area (Å²) in [5.74, 6) is -0.707. The van der Waals surface area contributed by atoms with Gasteiger partial charge in [-0.25, -0.2) is 0 Å². The van der Waals surface area contributed by atoms with Crippen LogP contribution in [0.3, 0.4) is 0 Å². The highest BCUT2D eigenvalue weighted by molar-refractivity contribution is 6.05. The summed E-state index contributed by atoms with van der Waals surface area (Å²) in [6.45, 7) is 1.72. The number of hydrogen-bond donors (Lipinski definition) is 2. The highest BCUT2D eigenvalue weighted by atomic mass is 16.3. The molecular weight excluding hydrogens is 368 g/mol. The highest BCUT2D eigenvalue weighted by Gasteiger charge is 2.33. The van der Waals surface area contributed by atoms with Crippen molar-refractivity contribution in [3.05, 3.63) is 69.9 Å². The van der Waals surface area contributed by atoms with E-state index < -0.39 is 5.91 Å². The van der Waals surface area contributed by atoms with Crippen molar-refractivity contribution in [1.29, 1.82) is 0 Å². The topological polar surface area (TPSA) is 102 Å². The van der Waals surface area contributed by atoms with E-state index in [9.17, 15) is 14.4 Å². The monoisotopic (exact) mass is 390 g/mol. The van der Waals surface area contributed by atoms with Crippen LogP contribution < -0.4 is 16.5 Å². The quantitative estimate of drug-likeness (QED) is 0.714. The molecule has 2 aromatic carbocycles. The van der Waals surface area contributed by atoms with Crippen molar-refractivity contribution in [2.75, 3.05) is 0 Å². The predicted octanol–water partition coefficient (Wildman–Crippen LogP) is 3.15. The first-order valence-electron chi connectivity index (χ1n) is 9.69. The lowest BCUT2D eigenvalue weighted by Crippen LogP contribution is -2.42. The van der Waals surface area contributed by atoms with E-state index in [1.807, 2.05) is 30.3 Å². The van der Waals surface area contributed by atoms with Crippen LogP contribution >= 0.6 is 0 Å². The van der Waals surface area contributed by atoms with Crippen LogP contribution in [0.5, 0.6) is 0 Å². The smallest absolute Gasteiger partial charge is 0.255 e. The Kier molecular flexibility index (Phi) is 4.92. The fourth-order valence-electron chi connectivity index (χ4n) is 4.07. The Balaban J connectivity index is 1.79. The molecule has 3 aromatic rings. The lowest BCUT2D eigenvalue weighted by atomic mass is 10.0. The molecule has 0 bridgehead atoms. The summed E-state index contributed by atoms with van der Waals surface area (Å²) in [7, 11) is 0. The number of para-hydroxylation sites is 1. The molecule has 0 spiro atoms. The van der Waals surface area contributed by atoms with Gasteiger partial charge in [-0.2, -0.15) is 0 Å². The van der Waals surface area contributed by atoms with E-state index in [1.54, 1.807) is 25.1 Å². The van der Waals surface area contributed by atoms with E-state index >= 15 is 0 Å². The van der Waals surface area contributed by atoms with E-state index in [4.69, 9.17) is 10.2 Å². The maximum atomic E-state index is 13.0. The molecule has 6 heteroatoms. The second-order valence-corrected chi connectivity index (χ2v) is 7.45. The summed E-state index contributed by atoms with van der Waals surface area (Å²) in [4.78, 5) is 37.6. The van der Waals surface area contributed by atoms with Gasteiger partial charge in [0, 0.05) is 17.2 Å². The average Bonchev–Trinajstić information content (AvgIpc) is 3.19. The van der Waals surface area contributed by atoms with Gasteiger partial charge in [0.25, 0.3) is 5.91 Å². The molecule has 1 fully saturated rings. The van der Waals surface area contributed by atoms with E-state index in [-0.39, 0.29) is 34.4 Å². The summed E-state index contributed by atoms with van der Waals surface area (Å²) >= 11 is 0. The number of primary amides is 1. The number of benzene rings is 2. The highest BCUT2D eigenvalue weighted by Crippen LogP contribution is 2.29. The van der Waals surface area contributed by atoms with Crippen molar-refractivity contribution in [2.45, 2.75) is 32.2 Å². The number of amides is 2. The molecule has 2 unspecified atom stereocenters. The van der Waals surface area contributed by atoms with Gasteiger partial charge < -0.3 is 15.5 Å². The van der Waals surface area contributed by atoms with Crippen molar-refractivity contribution in [3.63, 3.8) is 0 Å². The molecule has 1 aromatic heterocycles. The van der Waals surface area contributed by atoms with E-state index in [0.29, 0.717) is 29.6 Å². The lowest BCUT2D eigenvalue weighted by molar-refractivity contribution is -0.122. The predicted molar refractivity (Wildman–Crippen MR) is 110 cm³/mol. The summed E-state index contributed by atoms with van der Waals surface area (Å²) in [6.07, 6.45) is 2.20. The van der Waals surface area contributed by atoms with E-state index in [2.05, 4.69) is 5.32 Å². The first-order valence-corrected chi connectivity index (χ1v) is 9.69. The minimum atomic E-state index is -0.403. The Morgan fingerprint density at radius 3 is 2.55 bits per heavy atom. The molecule has 29 heavy (non-hydrogen) atoms. The summed E-state index contributed by atoms with van der Waals surface area (Å²) in [5.41, 5.74) is 7.07. The average molecular weight is 390 g/mol. The van der Waals surface area contributed by atoms with Gasteiger partial charge in [-0.3, -0.25) is 14.4 Å². The zero-order valence-electron chi connectivity index (χ0n) is 16.1. The van der Waals surface area contributed by atoms with Gasteiger partial charge >= 0.3 is 0 Å². The Labute approximate surface area is 167 Å². The van der Waals surface area contributed by atoms with Gasteiger partial charge in [0.1, 0.15) is 5.76 Å². The molecule has 1 heterocycles. The van der Waals surface area contributed by atoms with Gasteiger partial charge in [0.2, 0.25) is 5.91 Å². The van der Waals surface area contributed by atoms with Crippen LogP contribution in [-0.2, 0) is 4.79 Å². The molecule has 6 nitrogen and oxygen atoms in total. The standard InChI is InChI=1S/C23H22N2O4/c1-13-19(26)16-10-5-11-17(21(16)29-20(13)14-7-3-2-4-8-14)23(28)25-18-12-6-9-15(18)22(24)27/h2-5,7-8,10-11,15,18H,6,9,12H2,1H3,(H2,24,27)(H,25,28). The third-order valence-corrected chi connectivity index (χ3v) is 5.62. The van der Waals surface area contributed by atoms with Gasteiger partial charge in [-0.1, -0.05) is 42.8 Å². The van der Waals surface area contributed by atoms with Crippen LogP contribution in [0.25, 0.3) is 22.3 Å². The van der Waals surface area contributed by atoms with Gasteiger partial charge in [-0.05, 0) is 31.9 Å². The van der Waals surface area contributed by atoms with Crippen LogP contribution in [0.1, 0.15) is 35.2 Å². The van der Waals surface area contributed by atoms with Crippen molar-refractivity contribution >= 4 is 22.8 Å². The maximum Gasteiger partial charge on any atom is 0.255 e. The van der Waals surface area contributed by atoms with Crippen LogP contribution in [0.2, 0.25) is 0 Å². The molecular formula is C23H22N2O4. The number of nitrogens with two attached hydrogens (primary N) is 1. The number of fused-ring (bicyclic) bond motifs is 1. The maximum absolute atomic E-state index is 13.0. The second-order valence-electron chi connectivity index (χ2n) is 7.45. The van der Waals surface area contributed by atoms with Crippen LogP contribution in [-0.4, -0.2) is 17.9 Å². The molecule has 0 radical (unpaired) electrons. The van der Waals surface area contributed by atoms with Crippen LogP contribution in [0.15, 0.2) is 57.7 Å². The molecule has 1 saturated carbocycles. The molecule has 2 amide bonds. The second kappa shape index (κ2) is 7.54. The lowest BCUT2D eigenvalue weighted by Gasteiger charge is -2.18. The van der Waals surface area contributed by atoms with Crippen LogP contribution in [0, 0.1) is 12.8 Å². The van der Waals surface area contributed by atoms with Crippen molar-refractivity contribution < 1.29 is 14.0 Å². The number of carbonyl (C=O) groups excluding carboxylic acids is 2. The minimum absolute atomic E-state index is 0.171. The van der Waals surface area contributed by atoms with E-state index in [1.165, 1.54) is 0 Å². The SMILES string of the molecule is Cc1c(-c2ccccc2)oc2c(C(=O)NC3CCCC3C(N)=O)cccc2c1=O. The molecule has 1 aliphatic carbocycles. The Morgan fingerprint density at radius 2 is 1.83 bits per heavy atom. The number of carbonyl (C=O) groups is 2. The van der Waals surface area contributed by atoms with Crippen molar-refractivity contribution in [2.24, 2.45) is 11.7 Å². The third-order valence-electron chi connectivity index (χ3n) is 5.62. The largest absolute Gasteiger partial charge is 0.455 e. The Bertz CT molecular complexity index is 1150. The fourth-order valence-corrected chi connectivity index (χ4v) is 4.07. The third kappa shape index (κ3) is 3.42. The van der Waals surface area contributed by atoms with Gasteiger partial charge in [-0.15, -0.1) is 0 Å².